The first-order valence-corrected chi connectivity index (χ1v) is 7.79. The van der Waals surface area contributed by atoms with Gasteiger partial charge in [-0.2, -0.15) is 0 Å². The summed E-state index contributed by atoms with van der Waals surface area (Å²) in [5.74, 6) is 0.244. The summed E-state index contributed by atoms with van der Waals surface area (Å²) in [7, 11) is 0. The van der Waals surface area contributed by atoms with Gasteiger partial charge < -0.3 is 15.0 Å². The molecule has 1 aromatic heterocycles. The van der Waals surface area contributed by atoms with Gasteiger partial charge in [-0.3, -0.25) is 0 Å². The van der Waals surface area contributed by atoms with E-state index >= 15 is 0 Å². The average Bonchev–Trinajstić information content (AvgIpc) is 2.91. The summed E-state index contributed by atoms with van der Waals surface area (Å²) in [6, 6.07) is 12.8. The number of rotatable bonds is 5. The van der Waals surface area contributed by atoms with E-state index in [9.17, 15) is 4.39 Å². The van der Waals surface area contributed by atoms with Gasteiger partial charge in [-0.1, -0.05) is 18.2 Å². The number of benzene rings is 2. The first-order valence-electron chi connectivity index (χ1n) is 7.79. The second kappa shape index (κ2) is 6.42. The lowest BCUT2D eigenvalue weighted by Crippen LogP contribution is -2.00. The largest absolute Gasteiger partial charge is 0.489 e. The van der Waals surface area contributed by atoms with Crippen LogP contribution in [0.4, 0.5) is 4.39 Å². The Balaban J connectivity index is 1.94. The van der Waals surface area contributed by atoms with E-state index in [1.807, 2.05) is 6.07 Å². The molecule has 0 bridgehead atoms. The Morgan fingerprint density at radius 1 is 1.17 bits per heavy atom. The van der Waals surface area contributed by atoms with Crippen molar-refractivity contribution in [3.8, 4) is 5.75 Å². The lowest BCUT2D eigenvalue weighted by Gasteiger charge is -2.09. The maximum absolute atomic E-state index is 13.2. The standard InChI is InChI=1S/C19H21FN2O/c1-13(2)22-11-15(12-23-17-5-3-4-16(20)9-17)18-7-6-14(10-21)8-19(18)22/h3-9,11,13H,10,12,21H2,1-2H3. The van der Waals surface area contributed by atoms with Gasteiger partial charge in [0.2, 0.25) is 0 Å². The molecule has 0 saturated carbocycles. The van der Waals surface area contributed by atoms with Crippen molar-refractivity contribution < 1.29 is 9.13 Å². The monoisotopic (exact) mass is 312 g/mol. The normalized spacial score (nSPS) is 11.3. The molecule has 3 aromatic rings. The minimum absolute atomic E-state index is 0.292. The van der Waals surface area contributed by atoms with Gasteiger partial charge in [0, 0.05) is 41.3 Å². The number of halogens is 1. The molecule has 3 rings (SSSR count). The van der Waals surface area contributed by atoms with Crippen molar-refractivity contribution in [2.24, 2.45) is 5.73 Å². The Morgan fingerprint density at radius 3 is 2.70 bits per heavy atom. The van der Waals surface area contributed by atoms with Crippen LogP contribution in [0.1, 0.15) is 31.0 Å². The lowest BCUT2D eigenvalue weighted by atomic mass is 10.1. The zero-order valence-corrected chi connectivity index (χ0v) is 13.4. The summed E-state index contributed by atoms with van der Waals surface area (Å²) in [5, 5.41) is 1.15. The summed E-state index contributed by atoms with van der Waals surface area (Å²) in [6.07, 6.45) is 2.11. The van der Waals surface area contributed by atoms with Gasteiger partial charge in [-0.25, -0.2) is 4.39 Å². The van der Waals surface area contributed by atoms with Crippen LogP contribution in [-0.4, -0.2) is 4.57 Å². The second-order valence-corrected chi connectivity index (χ2v) is 5.96. The Kier molecular flexibility index (Phi) is 4.35. The molecule has 0 fully saturated rings. The SMILES string of the molecule is CC(C)n1cc(COc2cccc(F)c2)c2ccc(CN)cc21. The molecule has 1 heterocycles. The predicted octanol–water partition coefficient (Wildman–Crippen LogP) is 4.40. The Labute approximate surface area is 135 Å². The predicted molar refractivity (Wildman–Crippen MR) is 90.9 cm³/mol. The van der Waals surface area contributed by atoms with E-state index in [4.69, 9.17) is 10.5 Å². The highest BCUT2D eigenvalue weighted by Crippen LogP contribution is 2.27. The van der Waals surface area contributed by atoms with Crippen LogP contribution in [0.5, 0.6) is 5.75 Å². The molecule has 0 aliphatic carbocycles. The van der Waals surface area contributed by atoms with Gasteiger partial charge in [-0.05, 0) is 37.6 Å². The summed E-state index contributed by atoms with van der Waals surface area (Å²) >= 11 is 0. The molecule has 0 aliphatic rings. The molecule has 0 spiro atoms. The van der Waals surface area contributed by atoms with Crippen LogP contribution in [0.3, 0.4) is 0 Å². The van der Waals surface area contributed by atoms with Crippen molar-refractivity contribution >= 4 is 10.9 Å². The van der Waals surface area contributed by atoms with Crippen molar-refractivity contribution in [1.29, 1.82) is 0 Å². The van der Waals surface area contributed by atoms with E-state index in [1.165, 1.54) is 12.1 Å². The fourth-order valence-electron chi connectivity index (χ4n) is 2.76. The molecule has 4 heteroatoms. The Morgan fingerprint density at radius 2 is 2.00 bits per heavy atom. The molecule has 120 valence electrons. The maximum Gasteiger partial charge on any atom is 0.126 e. The minimum atomic E-state index is -0.292. The molecule has 0 amide bonds. The van der Waals surface area contributed by atoms with Crippen molar-refractivity contribution in [1.82, 2.24) is 4.57 Å². The lowest BCUT2D eigenvalue weighted by molar-refractivity contribution is 0.305. The highest BCUT2D eigenvalue weighted by molar-refractivity contribution is 5.84. The third-order valence-electron chi connectivity index (χ3n) is 3.96. The number of aromatic nitrogens is 1. The number of hydrogen-bond donors (Lipinski definition) is 1. The van der Waals surface area contributed by atoms with Crippen LogP contribution < -0.4 is 10.5 Å². The van der Waals surface area contributed by atoms with E-state index in [-0.39, 0.29) is 5.82 Å². The van der Waals surface area contributed by atoms with Gasteiger partial charge in [0.25, 0.3) is 0 Å². The zero-order valence-electron chi connectivity index (χ0n) is 13.4. The highest BCUT2D eigenvalue weighted by Gasteiger charge is 2.12. The summed E-state index contributed by atoms with van der Waals surface area (Å²) in [4.78, 5) is 0. The topological polar surface area (TPSA) is 40.2 Å². The summed E-state index contributed by atoms with van der Waals surface area (Å²) in [6.45, 7) is 5.22. The molecule has 0 radical (unpaired) electrons. The number of nitrogens with zero attached hydrogens (tertiary/aromatic N) is 1. The highest BCUT2D eigenvalue weighted by atomic mass is 19.1. The summed E-state index contributed by atoms with van der Waals surface area (Å²) < 4.78 is 21.2. The van der Waals surface area contributed by atoms with E-state index in [1.54, 1.807) is 12.1 Å². The molecule has 0 atom stereocenters. The van der Waals surface area contributed by atoms with Gasteiger partial charge in [-0.15, -0.1) is 0 Å². The van der Waals surface area contributed by atoms with Crippen LogP contribution in [-0.2, 0) is 13.2 Å². The first-order chi connectivity index (χ1) is 11.1. The van der Waals surface area contributed by atoms with E-state index in [2.05, 4.69) is 36.7 Å². The van der Waals surface area contributed by atoms with Crippen LogP contribution in [0.15, 0.2) is 48.7 Å². The van der Waals surface area contributed by atoms with Crippen molar-refractivity contribution in [2.45, 2.75) is 33.0 Å². The van der Waals surface area contributed by atoms with Crippen molar-refractivity contribution in [3.05, 3.63) is 65.6 Å². The maximum atomic E-state index is 13.2. The van der Waals surface area contributed by atoms with Crippen molar-refractivity contribution in [2.75, 3.05) is 0 Å². The molecule has 0 aliphatic heterocycles. The summed E-state index contributed by atoms with van der Waals surface area (Å²) in [5.41, 5.74) is 9.10. The Hall–Kier alpha value is -2.33. The van der Waals surface area contributed by atoms with Gasteiger partial charge in [0.05, 0.1) is 0 Å². The van der Waals surface area contributed by atoms with Crippen LogP contribution in [0.2, 0.25) is 0 Å². The van der Waals surface area contributed by atoms with Gasteiger partial charge >= 0.3 is 0 Å². The molecule has 2 aromatic carbocycles. The molecule has 23 heavy (non-hydrogen) atoms. The van der Waals surface area contributed by atoms with E-state index in [0.29, 0.717) is 24.9 Å². The van der Waals surface area contributed by atoms with E-state index in [0.717, 1.165) is 22.0 Å². The van der Waals surface area contributed by atoms with E-state index < -0.39 is 0 Å². The third kappa shape index (κ3) is 3.22. The van der Waals surface area contributed by atoms with Crippen LogP contribution in [0.25, 0.3) is 10.9 Å². The number of ether oxygens (including phenoxy) is 1. The van der Waals surface area contributed by atoms with Crippen LogP contribution in [0, 0.1) is 5.82 Å². The van der Waals surface area contributed by atoms with Crippen molar-refractivity contribution in [3.63, 3.8) is 0 Å². The molecular formula is C19H21FN2O. The van der Waals surface area contributed by atoms with Gasteiger partial charge in [0.15, 0.2) is 0 Å². The zero-order chi connectivity index (χ0) is 16.4. The fourth-order valence-corrected chi connectivity index (χ4v) is 2.76. The second-order valence-electron chi connectivity index (χ2n) is 5.96. The Bertz CT molecular complexity index is 823. The van der Waals surface area contributed by atoms with Gasteiger partial charge in [0.1, 0.15) is 18.2 Å². The molecule has 3 nitrogen and oxygen atoms in total. The van der Waals surface area contributed by atoms with Crippen LogP contribution >= 0.6 is 0 Å². The number of hydrogen-bond acceptors (Lipinski definition) is 2. The molecule has 0 saturated heterocycles. The molecule has 2 N–H and O–H groups in total. The molecule has 0 unspecified atom stereocenters. The number of fused-ring (bicyclic) bond motifs is 1. The smallest absolute Gasteiger partial charge is 0.126 e. The average molecular weight is 312 g/mol. The third-order valence-corrected chi connectivity index (χ3v) is 3.96. The minimum Gasteiger partial charge on any atom is -0.489 e. The molecular weight excluding hydrogens is 291 g/mol. The first kappa shape index (κ1) is 15.6. The number of nitrogens with two attached hydrogens (primary N) is 1. The fraction of sp³-hybridized carbons (Fsp3) is 0.263. The quantitative estimate of drug-likeness (QED) is 0.758.